The van der Waals surface area contributed by atoms with Gasteiger partial charge in [-0.3, -0.25) is 4.79 Å². The van der Waals surface area contributed by atoms with Gasteiger partial charge in [0.2, 0.25) is 0 Å². The van der Waals surface area contributed by atoms with Crippen molar-refractivity contribution in [2.24, 2.45) is 12.0 Å². The average Bonchev–Trinajstić information content (AvgIpc) is 3.13. The number of hydrogen-bond acceptors (Lipinski definition) is 5. The van der Waals surface area contributed by atoms with Gasteiger partial charge in [-0.2, -0.15) is 0 Å². The molecule has 1 saturated heterocycles. The monoisotopic (exact) mass is 341 g/mol. The summed E-state index contributed by atoms with van der Waals surface area (Å²) in [5.74, 6) is -0.681. The van der Waals surface area contributed by atoms with E-state index >= 15 is 0 Å². The van der Waals surface area contributed by atoms with Crippen LogP contribution in [0.25, 0.3) is 6.08 Å². The third kappa shape index (κ3) is 3.26. The smallest absolute Gasteiger partial charge is 0.340 e. The first-order valence-corrected chi connectivity index (χ1v) is 7.98. The van der Waals surface area contributed by atoms with Crippen LogP contribution in [0.3, 0.4) is 0 Å². The Morgan fingerprint density at radius 1 is 1.29 bits per heavy atom. The van der Waals surface area contributed by atoms with E-state index in [9.17, 15) is 9.59 Å². The van der Waals surface area contributed by atoms with Crippen molar-refractivity contribution in [1.29, 1.82) is 0 Å². The van der Waals surface area contributed by atoms with Gasteiger partial charge in [0.15, 0.2) is 5.17 Å². The summed E-state index contributed by atoms with van der Waals surface area (Å²) in [6, 6.07) is 10.7. The van der Waals surface area contributed by atoms with Gasteiger partial charge in [0.05, 0.1) is 23.3 Å². The largest absolute Gasteiger partial charge is 0.465 e. The summed E-state index contributed by atoms with van der Waals surface area (Å²) in [7, 11) is 3.23. The summed E-state index contributed by atoms with van der Waals surface area (Å²) in [5, 5.41) is 3.14. The number of nitrogens with one attached hydrogen (secondary N) is 1. The van der Waals surface area contributed by atoms with Crippen LogP contribution >= 0.6 is 11.8 Å². The predicted octanol–water partition coefficient (Wildman–Crippen LogP) is 2.70. The highest BCUT2D eigenvalue weighted by Gasteiger charge is 2.24. The minimum Gasteiger partial charge on any atom is -0.465 e. The predicted molar refractivity (Wildman–Crippen MR) is 94.0 cm³/mol. The Bertz CT molecular complexity index is 867. The number of aryl methyl sites for hydroxylation is 1. The van der Waals surface area contributed by atoms with Gasteiger partial charge < -0.3 is 14.6 Å². The number of aromatic nitrogens is 1. The number of methoxy groups -OCH3 is 1. The Labute approximate surface area is 143 Å². The Morgan fingerprint density at radius 3 is 2.79 bits per heavy atom. The highest BCUT2D eigenvalue weighted by Crippen LogP contribution is 2.29. The summed E-state index contributed by atoms with van der Waals surface area (Å²) >= 11 is 1.23. The number of rotatable bonds is 3. The van der Waals surface area contributed by atoms with Gasteiger partial charge >= 0.3 is 5.97 Å². The molecule has 7 heteroatoms. The zero-order chi connectivity index (χ0) is 17.1. The maximum atomic E-state index is 12.1. The van der Waals surface area contributed by atoms with Gasteiger partial charge in [0.1, 0.15) is 0 Å². The van der Waals surface area contributed by atoms with Crippen molar-refractivity contribution in [2.75, 3.05) is 7.11 Å². The lowest BCUT2D eigenvalue weighted by Crippen LogP contribution is -2.19. The number of benzene rings is 1. The molecule has 6 nitrogen and oxygen atoms in total. The highest BCUT2D eigenvalue weighted by molar-refractivity contribution is 8.18. The first-order valence-electron chi connectivity index (χ1n) is 7.17. The quantitative estimate of drug-likeness (QED) is 0.688. The SMILES string of the molecule is COC(=O)c1ccccc1N=C1NC(=O)/C(=C\c2cccn2C)S1. The zero-order valence-electron chi connectivity index (χ0n) is 13.1. The van der Waals surface area contributed by atoms with Crippen molar-refractivity contribution in [1.82, 2.24) is 9.88 Å². The second kappa shape index (κ2) is 6.76. The van der Waals surface area contributed by atoms with Crippen LogP contribution in [-0.4, -0.2) is 28.7 Å². The van der Waals surface area contributed by atoms with Crippen molar-refractivity contribution < 1.29 is 14.3 Å². The van der Waals surface area contributed by atoms with Crippen LogP contribution in [0, 0.1) is 0 Å². The number of amidine groups is 1. The minimum absolute atomic E-state index is 0.213. The number of thioether (sulfide) groups is 1. The molecule has 1 N–H and O–H groups in total. The molecule has 2 heterocycles. The molecule has 0 saturated carbocycles. The molecule has 0 unspecified atom stereocenters. The van der Waals surface area contributed by atoms with E-state index in [1.165, 1.54) is 18.9 Å². The molecule has 122 valence electrons. The molecule has 0 spiro atoms. The van der Waals surface area contributed by atoms with Crippen LogP contribution in [0.1, 0.15) is 16.1 Å². The number of aliphatic imine (C=N–C) groups is 1. The third-order valence-corrected chi connectivity index (χ3v) is 4.36. The van der Waals surface area contributed by atoms with E-state index < -0.39 is 5.97 Å². The fraction of sp³-hybridized carbons (Fsp3) is 0.118. The number of carbonyl (C=O) groups excluding carboxylic acids is 2. The molecule has 0 bridgehead atoms. The number of ether oxygens (including phenoxy) is 1. The molecule has 1 amide bonds. The fourth-order valence-electron chi connectivity index (χ4n) is 2.20. The van der Waals surface area contributed by atoms with E-state index in [1.807, 2.05) is 29.9 Å². The van der Waals surface area contributed by atoms with E-state index in [4.69, 9.17) is 4.74 Å². The van der Waals surface area contributed by atoms with E-state index in [-0.39, 0.29) is 5.91 Å². The number of amides is 1. The maximum Gasteiger partial charge on any atom is 0.340 e. The molecule has 0 radical (unpaired) electrons. The lowest BCUT2D eigenvalue weighted by Gasteiger charge is -2.03. The van der Waals surface area contributed by atoms with Crippen LogP contribution in [0.2, 0.25) is 0 Å². The van der Waals surface area contributed by atoms with E-state index in [2.05, 4.69) is 10.3 Å². The van der Waals surface area contributed by atoms with Crippen LogP contribution in [0.4, 0.5) is 5.69 Å². The molecule has 1 aromatic heterocycles. The number of hydrogen-bond donors (Lipinski definition) is 1. The van der Waals surface area contributed by atoms with Crippen LogP contribution in [0.5, 0.6) is 0 Å². The molecule has 24 heavy (non-hydrogen) atoms. The second-order valence-corrected chi connectivity index (χ2v) is 6.07. The first kappa shape index (κ1) is 16.1. The van der Waals surface area contributed by atoms with E-state index in [0.29, 0.717) is 21.3 Å². The van der Waals surface area contributed by atoms with Gasteiger partial charge in [0.25, 0.3) is 5.91 Å². The van der Waals surface area contributed by atoms with Crippen molar-refractivity contribution >= 4 is 40.6 Å². The second-order valence-electron chi connectivity index (χ2n) is 5.03. The lowest BCUT2D eigenvalue weighted by atomic mass is 10.2. The Hall–Kier alpha value is -2.80. The van der Waals surface area contributed by atoms with Crippen molar-refractivity contribution in [3.8, 4) is 0 Å². The molecule has 1 fully saturated rings. The summed E-state index contributed by atoms with van der Waals surface area (Å²) in [6.07, 6.45) is 3.71. The minimum atomic E-state index is -0.469. The van der Waals surface area contributed by atoms with Crippen LogP contribution in [-0.2, 0) is 16.6 Å². The molecule has 1 aromatic carbocycles. The zero-order valence-corrected chi connectivity index (χ0v) is 14.0. The average molecular weight is 341 g/mol. The number of para-hydroxylation sites is 1. The highest BCUT2D eigenvalue weighted by atomic mass is 32.2. The van der Waals surface area contributed by atoms with Gasteiger partial charge in [-0.15, -0.1) is 0 Å². The van der Waals surface area contributed by atoms with Gasteiger partial charge in [-0.25, -0.2) is 9.79 Å². The van der Waals surface area contributed by atoms with E-state index in [1.54, 1.807) is 30.3 Å². The van der Waals surface area contributed by atoms with Crippen LogP contribution in [0.15, 0.2) is 52.5 Å². The molecule has 2 aromatic rings. The van der Waals surface area contributed by atoms with Gasteiger partial charge in [-0.05, 0) is 42.1 Å². The summed E-state index contributed by atoms with van der Waals surface area (Å²) in [4.78, 5) is 28.8. The topological polar surface area (TPSA) is 72.7 Å². The van der Waals surface area contributed by atoms with Crippen molar-refractivity contribution in [2.45, 2.75) is 0 Å². The molecule has 0 atom stereocenters. The van der Waals surface area contributed by atoms with E-state index in [0.717, 1.165) is 5.69 Å². The Balaban J connectivity index is 1.89. The fourth-order valence-corrected chi connectivity index (χ4v) is 3.02. The van der Waals surface area contributed by atoms with Crippen molar-refractivity contribution in [3.05, 3.63) is 58.8 Å². The Kier molecular flexibility index (Phi) is 4.52. The molecular weight excluding hydrogens is 326 g/mol. The summed E-state index contributed by atoms with van der Waals surface area (Å²) in [6.45, 7) is 0. The first-order chi connectivity index (χ1) is 11.6. The van der Waals surface area contributed by atoms with Crippen molar-refractivity contribution in [3.63, 3.8) is 0 Å². The summed E-state index contributed by atoms with van der Waals surface area (Å²) in [5.41, 5.74) is 1.72. The number of nitrogens with zero attached hydrogens (tertiary/aromatic N) is 2. The lowest BCUT2D eigenvalue weighted by molar-refractivity contribution is -0.115. The molecule has 1 aliphatic rings. The summed E-state index contributed by atoms with van der Waals surface area (Å²) < 4.78 is 6.67. The Morgan fingerprint density at radius 2 is 2.08 bits per heavy atom. The van der Waals surface area contributed by atoms with Crippen LogP contribution < -0.4 is 5.32 Å². The molecular formula is C17H15N3O3S. The normalized spacial score (nSPS) is 17.3. The molecule has 1 aliphatic heterocycles. The van der Waals surface area contributed by atoms with Gasteiger partial charge in [-0.1, -0.05) is 12.1 Å². The number of carbonyl (C=O) groups is 2. The number of esters is 1. The standard InChI is InChI=1S/C17H15N3O3S/c1-20-9-5-6-11(20)10-14-15(21)19-17(24-14)18-13-8-4-3-7-12(13)16(22)23-2/h3-10H,1-2H3,(H,18,19,21)/b14-10+. The molecule has 0 aliphatic carbocycles. The molecule has 3 rings (SSSR count). The van der Waals surface area contributed by atoms with Gasteiger partial charge in [0, 0.05) is 18.9 Å². The third-order valence-electron chi connectivity index (χ3n) is 3.45. The maximum absolute atomic E-state index is 12.1.